The van der Waals surface area contributed by atoms with Crippen LogP contribution in [0.25, 0.3) is 0 Å². The highest BCUT2D eigenvalue weighted by atomic mass is 16.6. The van der Waals surface area contributed by atoms with Crippen LogP contribution in [-0.2, 0) is 28.6 Å². The van der Waals surface area contributed by atoms with Crippen LogP contribution < -0.4 is 0 Å². The molecule has 0 aliphatic carbocycles. The van der Waals surface area contributed by atoms with Crippen molar-refractivity contribution in [1.29, 1.82) is 0 Å². The summed E-state index contributed by atoms with van der Waals surface area (Å²) in [6, 6.07) is 0. The summed E-state index contributed by atoms with van der Waals surface area (Å²) < 4.78 is 16.9. The molecule has 0 bridgehead atoms. The second-order valence-electron chi connectivity index (χ2n) is 22.4. The molecule has 1 unspecified atom stereocenters. The zero-order valence-electron chi connectivity index (χ0n) is 49.9. The second kappa shape index (κ2) is 63.2. The molecule has 0 N–H and O–H groups in total. The van der Waals surface area contributed by atoms with E-state index in [1.54, 1.807) is 0 Å². The van der Waals surface area contributed by atoms with Gasteiger partial charge in [0.15, 0.2) is 6.10 Å². The van der Waals surface area contributed by atoms with Gasteiger partial charge in [-0.15, -0.1) is 0 Å². The average molecular weight is 1040 g/mol. The molecule has 0 heterocycles. The van der Waals surface area contributed by atoms with Gasteiger partial charge in [-0.05, 0) is 57.8 Å². The number of esters is 3. The molecule has 0 spiro atoms. The molecule has 0 saturated carbocycles. The molecule has 0 aromatic heterocycles. The van der Waals surface area contributed by atoms with Crippen molar-refractivity contribution in [2.24, 2.45) is 0 Å². The molecular weight excluding hydrogens is 913 g/mol. The van der Waals surface area contributed by atoms with Gasteiger partial charge in [-0.3, -0.25) is 14.4 Å². The van der Waals surface area contributed by atoms with Crippen LogP contribution in [0, 0.1) is 0 Å². The Hall–Kier alpha value is -2.37. The minimum atomic E-state index is -0.769. The fourth-order valence-electron chi connectivity index (χ4n) is 9.92. The van der Waals surface area contributed by atoms with Crippen LogP contribution in [0.15, 0.2) is 36.5 Å². The van der Waals surface area contributed by atoms with Gasteiger partial charge in [0.05, 0.1) is 0 Å². The Morgan fingerprint density at radius 3 is 0.757 bits per heavy atom. The van der Waals surface area contributed by atoms with Crippen LogP contribution in [-0.4, -0.2) is 37.2 Å². The molecule has 6 heteroatoms. The number of ether oxygens (including phenoxy) is 3. The van der Waals surface area contributed by atoms with Crippen LogP contribution in [0.4, 0.5) is 0 Å². The third kappa shape index (κ3) is 60.5. The Labute approximate surface area is 461 Å². The Kier molecular flexibility index (Phi) is 61.1. The predicted octanol–water partition coefficient (Wildman–Crippen LogP) is 22.4. The first-order valence-corrected chi connectivity index (χ1v) is 33.0. The predicted molar refractivity (Wildman–Crippen MR) is 321 cm³/mol. The maximum atomic E-state index is 12.9. The largest absolute Gasteiger partial charge is 0.462 e. The second-order valence-corrected chi connectivity index (χ2v) is 22.4. The van der Waals surface area contributed by atoms with Gasteiger partial charge in [-0.25, -0.2) is 0 Å². The third-order valence-corrected chi connectivity index (χ3v) is 14.9. The van der Waals surface area contributed by atoms with Crippen molar-refractivity contribution in [2.75, 3.05) is 13.2 Å². The van der Waals surface area contributed by atoms with Crippen molar-refractivity contribution in [3.8, 4) is 0 Å². The highest BCUT2D eigenvalue weighted by Gasteiger charge is 2.19. The van der Waals surface area contributed by atoms with Crippen molar-refractivity contribution in [1.82, 2.24) is 0 Å². The normalized spacial score (nSPS) is 12.2. The van der Waals surface area contributed by atoms with Gasteiger partial charge in [-0.1, -0.05) is 320 Å². The summed E-state index contributed by atoms with van der Waals surface area (Å²) in [4.78, 5) is 38.2. The van der Waals surface area contributed by atoms with E-state index in [1.807, 2.05) is 0 Å². The van der Waals surface area contributed by atoms with E-state index in [-0.39, 0.29) is 31.1 Å². The molecule has 74 heavy (non-hydrogen) atoms. The van der Waals surface area contributed by atoms with Crippen LogP contribution in [0.5, 0.6) is 0 Å². The maximum absolute atomic E-state index is 12.9. The topological polar surface area (TPSA) is 78.9 Å². The van der Waals surface area contributed by atoms with Gasteiger partial charge in [0, 0.05) is 19.3 Å². The summed E-state index contributed by atoms with van der Waals surface area (Å²) in [5, 5.41) is 0. The minimum absolute atomic E-state index is 0.0681. The Morgan fingerprint density at radius 2 is 0.486 bits per heavy atom. The fraction of sp³-hybridized carbons (Fsp3) is 0.868. The summed E-state index contributed by atoms with van der Waals surface area (Å²) in [7, 11) is 0. The third-order valence-electron chi connectivity index (χ3n) is 14.9. The monoisotopic (exact) mass is 1040 g/mol. The molecule has 0 fully saturated rings. The van der Waals surface area contributed by atoms with E-state index in [2.05, 4.69) is 57.2 Å². The SMILES string of the molecule is CCCCCCC/C=C\C/C=C\C/C=C\CCCCCCCCCCCCC(=O)OCC(COC(=O)CCCCCCCCCCC)OC(=O)CCCCCCCCCCCCCCCCCCCCCCCC. The van der Waals surface area contributed by atoms with Gasteiger partial charge in [0.25, 0.3) is 0 Å². The zero-order valence-corrected chi connectivity index (χ0v) is 49.9. The number of hydrogen-bond donors (Lipinski definition) is 0. The van der Waals surface area contributed by atoms with Gasteiger partial charge >= 0.3 is 17.9 Å². The van der Waals surface area contributed by atoms with Gasteiger partial charge in [0.1, 0.15) is 13.2 Å². The molecule has 0 radical (unpaired) electrons. The standard InChI is InChI=1S/C68H126O6/c1-4-7-10-13-16-19-21-23-25-27-29-31-33-34-35-37-38-40-42-44-46-49-52-55-58-61-67(70)73-64-65(63-72-66(69)60-57-54-51-48-18-15-12-9-6-3)74-68(71)62-59-56-53-50-47-45-43-41-39-36-32-30-28-26-24-22-20-17-14-11-8-5-2/h21,23,27,29,33-34,65H,4-20,22,24-26,28,30-32,35-64H2,1-3H3/b23-21-,29-27-,34-33-. The van der Waals surface area contributed by atoms with Gasteiger partial charge < -0.3 is 14.2 Å². The van der Waals surface area contributed by atoms with Gasteiger partial charge in [0.2, 0.25) is 0 Å². The maximum Gasteiger partial charge on any atom is 0.306 e. The van der Waals surface area contributed by atoms with E-state index >= 15 is 0 Å². The highest BCUT2D eigenvalue weighted by Crippen LogP contribution is 2.18. The lowest BCUT2D eigenvalue weighted by atomic mass is 10.0. The average Bonchev–Trinajstić information content (AvgIpc) is 3.40. The first-order valence-electron chi connectivity index (χ1n) is 33.0. The molecular formula is C68H126O6. The Bertz CT molecular complexity index is 1240. The molecule has 0 aliphatic heterocycles. The lowest BCUT2D eigenvalue weighted by Gasteiger charge is -2.18. The number of hydrogen-bond acceptors (Lipinski definition) is 6. The molecule has 0 rings (SSSR count). The quantitative estimate of drug-likeness (QED) is 0.0261. The number of rotatable bonds is 61. The van der Waals surface area contributed by atoms with E-state index < -0.39 is 6.10 Å². The number of allylic oxidation sites excluding steroid dienone is 6. The van der Waals surface area contributed by atoms with Gasteiger partial charge in [-0.2, -0.15) is 0 Å². The number of carbonyl (C=O) groups excluding carboxylic acids is 3. The fourth-order valence-corrected chi connectivity index (χ4v) is 9.92. The van der Waals surface area contributed by atoms with Crippen molar-refractivity contribution in [2.45, 2.75) is 367 Å². The van der Waals surface area contributed by atoms with Crippen LogP contribution in [0.2, 0.25) is 0 Å². The highest BCUT2D eigenvalue weighted by molar-refractivity contribution is 5.71. The first-order chi connectivity index (χ1) is 36.5. The smallest absolute Gasteiger partial charge is 0.306 e. The number of unbranched alkanes of at least 4 members (excludes halogenated alkanes) is 44. The molecule has 0 amide bonds. The summed E-state index contributed by atoms with van der Waals surface area (Å²) in [5.41, 5.74) is 0. The summed E-state index contributed by atoms with van der Waals surface area (Å²) in [6.45, 7) is 6.67. The van der Waals surface area contributed by atoms with E-state index in [0.29, 0.717) is 19.3 Å². The van der Waals surface area contributed by atoms with Crippen LogP contribution >= 0.6 is 0 Å². The number of carbonyl (C=O) groups is 3. The van der Waals surface area contributed by atoms with E-state index in [9.17, 15) is 14.4 Å². The van der Waals surface area contributed by atoms with Crippen molar-refractivity contribution in [3.63, 3.8) is 0 Å². The summed E-state index contributed by atoms with van der Waals surface area (Å²) in [5.74, 6) is -0.850. The summed E-state index contributed by atoms with van der Waals surface area (Å²) in [6.07, 6.45) is 77.4. The lowest BCUT2D eigenvalue weighted by molar-refractivity contribution is -0.167. The molecule has 1 atom stereocenters. The van der Waals surface area contributed by atoms with E-state index in [1.165, 1.54) is 250 Å². The van der Waals surface area contributed by atoms with E-state index in [0.717, 1.165) is 70.6 Å². The molecule has 434 valence electrons. The zero-order chi connectivity index (χ0) is 53.6. The molecule has 0 aliphatic rings. The Balaban J connectivity index is 4.17. The summed E-state index contributed by atoms with van der Waals surface area (Å²) >= 11 is 0. The molecule has 0 aromatic rings. The Morgan fingerprint density at radius 1 is 0.270 bits per heavy atom. The molecule has 0 saturated heterocycles. The van der Waals surface area contributed by atoms with Crippen LogP contribution in [0.1, 0.15) is 361 Å². The molecule has 6 nitrogen and oxygen atoms in total. The van der Waals surface area contributed by atoms with Crippen molar-refractivity contribution >= 4 is 17.9 Å². The molecule has 0 aromatic carbocycles. The van der Waals surface area contributed by atoms with Crippen LogP contribution in [0.3, 0.4) is 0 Å². The van der Waals surface area contributed by atoms with E-state index in [4.69, 9.17) is 14.2 Å². The van der Waals surface area contributed by atoms with Crippen molar-refractivity contribution in [3.05, 3.63) is 36.5 Å². The van der Waals surface area contributed by atoms with Crippen molar-refractivity contribution < 1.29 is 28.6 Å². The lowest BCUT2D eigenvalue weighted by Crippen LogP contribution is -2.30. The first kappa shape index (κ1) is 71.6. The minimum Gasteiger partial charge on any atom is -0.462 e.